The first-order valence-corrected chi connectivity index (χ1v) is 7.19. The van der Waals surface area contributed by atoms with Gasteiger partial charge < -0.3 is 10.1 Å². The number of nitrogens with one attached hydrogen (secondary N) is 2. The molecule has 1 aliphatic carbocycles. The van der Waals surface area contributed by atoms with E-state index in [1.54, 1.807) is 0 Å². The maximum Gasteiger partial charge on any atom is 0.323 e. The number of nitrogen functional groups attached to an aromatic ring is 1. The molecule has 4 N–H and O–H groups in total. The van der Waals surface area contributed by atoms with Gasteiger partial charge in [0.1, 0.15) is 0 Å². The smallest absolute Gasteiger partial charge is 0.323 e. The lowest BCUT2D eigenvalue weighted by molar-refractivity contribution is 0.292. The average Bonchev–Trinajstić information content (AvgIpc) is 3.24. The Morgan fingerprint density at radius 3 is 2.50 bits per heavy atom. The lowest BCUT2D eigenvalue weighted by Gasteiger charge is -2.20. The summed E-state index contributed by atoms with van der Waals surface area (Å²) in [6.45, 7) is 7.98. The van der Waals surface area contributed by atoms with Gasteiger partial charge >= 0.3 is 6.01 Å². The first-order valence-electron chi connectivity index (χ1n) is 7.19. The van der Waals surface area contributed by atoms with Crippen LogP contribution in [0.4, 0.5) is 11.9 Å². The molecule has 7 heteroatoms. The molecule has 2 rings (SSSR count). The second-order valence-electron chi connectivity index (χ2n) is 5.63. The van der Waals surface area contributed by atoms with Crippen molar-refractivity contribution < 1.29 is 4.74 Å². The van der Waals surface area contributed by atoms with Gasteiger partial charge in [0.25, 0.3) is 0 Å². The molecular formula is C13H24N6O. The summed E-state index contributed by atoms with van der Waals surface area (Å²) >= 11 is 0. The predicted molar refractivity (Wildman–Crippen MR) is 78.4 cm³/mol. The van der Waals surface area contributed by atoms with Gasteiger partial charge in [-0.05, 0) is 30.6 Å². The summed E-state index contributed by atoms with van der Waals surface area (Å²) in [4.78, 5) is 12.5. The molecule has 1 saturated carbocycles. The number of rotatable bonds is 8. The second-order valence-corrected chi connectivity index (χ2v) is 5.63. The molecule has 0 bridgehead atoms. The van der Waals surface area contributed by atoms with Crippen LogP contribution >= 0.6 is 0 Å². The van der Waals surface area contributed by atoms with E-state index in [4.69, 9.17) is 10.6 Å². The maximum atomic E-state index is 5.44. The van der Waals surface area contributed by atoms with E-state index in [0.29, 0.717) is 35.8 Å². The molecule has 0 spiro atoms. The monoisotopic (exact) mass is 280 g/mol. The zero-order valence-electron chi connectivity index (χ0n) is 12.4. The van der Waals surface area contributed by atoms with Gasteiger partial charge in [-0.2, -0.15) is 15.0 Å². The Balaban J connectivity index is 2.02. The van der Waals surface area contributed by atoms with Gasteiger partial charge in [0.05, 0.1) is 6.61 Å². The van der Waals surface area contributed by atoms with Gasteiger partial charge in [0.15, 0.2) is 0 Å². The van der Waals surface area contributed by atoms with Crippen LogP contribution in [-0.2, 0) is 0 Å². The Bertz CT molecular complexity index is 446. The van der Waals surface area contributed by atoms with Crippen molar-refractivity contribution in [2.24, 2.45) is 17.2 Å². The van der Waals surface area contributed by atoms with Crippen molar-refractivity contribution in [1.29, 1.82) is 0 Å². The number of ether oxygens (including phenoxy) is 1. The second kappa shape index (κ2) is 6.21. The van der Waals surface area contributed by atoms with Crippen LogP contribution in [0.15, 0.2) is 0 Å². The third-order valence-corrected chi connectivity index (χ3v) is 3.89. The average molecular weight is 280 g/mol. The van der Waals surface area contributed by atoms with Crippen molar-refractivity contribution >= 4 is 11.9 Å². The highest BCUT2D eigenvalue weighted by Crippen LogP contribution is 2.51. The minimum absolute atomic E-state index is 0.298. The number of aromatic nitrogens is 3. The number of hydrogen-bond acceptors (Lipinski definition) is 7. The highest BCUT2D eigenvalue weighted by molar-refractivity contribution is 5.35. The van der Waals surface area contributed by atoms with E-state index in [1.807, 2.05) is 6.92 Å². The number of hydrazine groups is 1. The van der Waals surface area contributed by atoms with Crippen molar-refractivity contribution in [2.45, 2.75) is 40.0 Å². The first-order chi connectivity index (χ1) is 9.59. The summed E-state index contributed by atoms with van der Waals surface area (Å²) in [5.74, 6) is 6.84. The molecule has 0 amide bonds. The van der Waals surface area contributed by atoms with E-state index < -0.39 is 0 Å². The summed E-state index contributed by atoms with van der Waals surface area (Å²) < 4.78 is 5.44. The van der Waals surface area contributed by atoms with Crippen molar-refractivity contribution in [3.8, 4) is 6.01 Å². The Hall–Kier alpha value is -1.63. The van der Waals surface area contributed by atoms with E-state index in [2.05, 4.69) is 39.5 Å². The highest BCUT2D eigenvalue weighted by atomic mass is 16.5. The van der Waals surface area contributed by atoms with Crippen LogP contribution in [0, 0.1) is 11.3 Å². The number of nitrogens with zero attached hydrogens (tertiary/aromatic N) is 3. The Morgan fingerprint density at radius 2 is 1.95 bits per heavy atom. The third-order valence-electron chi connectivity index (χ3n) is 3.89. The lowest BCUT2D eigenvalue weighted by Crippen LogP contribution is -2.22. The van der Waals surface area contributed by atoms with Gasteiger partial charge in [-0.1, -0.05) is 20.8 Å². The molecular weight excluding hydrogens is 256 g/mol. The van der Waals surface area contributed by atoms with Crippen LogP contribution in [-0.4, -0.2) is 28.1 Å². The van der Waals surface area contributed by atoms with Crippen molar-refractivity contribution in [2.75, 3.05) is 23.9 Å². The van der Waals surface area contributed by atoms with Gasteiger partial charge in [-0.15, -0.1) is 0 Å². The predicted octanol–water partition coefficient (Wildman–Crippen LogP) is 1.79. The molecule has 0 radical (unpaired) electrons. The number of hydrogen-bond donors (Lipinski definition) is 3. The molecule has 7 nitrogen and oxygen atoms in total. The maximum absolute atomic E-state index is 5.44. The summed E-state index contributed by atoms with van der Waals surface area (Å²) in [6, 6.07) is 0.298. The van der Waals surface area contributed by atoms with E-state index in [0.717, 1.165) is 13.0 Å². The Kier molecular flexibility index (Phi) is 4.59. The van der Waals surface area contributed by atoms with Crippen LogP contribution < -0.4 is 21.3 Å². The van der Waals surface area contributed by atoms with Crippen molar-refractivity contribution in [3.05, 3.63) is 0 Å². The van der Waals surface area contributed by atoms with Crippen LogP contribution in [0.25, 0.3) is 0 Å². The number of nitrogens with two attached hydrogens (primary N) is 1. The molecule has 1 heterocycles. The molecule has 1 aromatic rings. The topological polar surface area (TPSA) is 98.0 Å². The molecule has 1 fully saturated rings. The van der Waals surface area contributed by atoms with Crippen molar-refractivity contribution in [1.82, 2.24) is 15.0 Å². The zero-order chi connectivity index (χ0) is 14.6. The minimum Gasteiger partial charge on any atom is -0.463 e. The standard InChI is InChI=1S/C13H24N6O/c1-4-7-20-12-17-10(16-11(18-12)19-14)15-8-13(5-6-13)9(2)3/h9H,4-8,14H2,1-3H3,(H2,15,16,17,18,19). The van der Waals surface area contributed by atoms with E-state index in [1.165, 1.54) is 12.8 Å². The van der Waals surface area contributed by atoms with Gasteiger partial charge in [-0.25, -0.2) is 5.84 Å². The van der Waals surface area contributed by atoms with E-state index in [9.17, 15) is 0 Å². The van der Waals surface area contributed by atoms with Crippen LogP contribution in [0.5, 0.6) is 6.01 Å². The SMILES string of the molecule is CCCOc1nc(NN)nc(NCC2(C(C)C)CC2)n1. The fourth-order valence-electron chi connectivity index (χ4n) is 2.13. The summed E-state index contributed by atoms with van der Waals surface area (Å²) in [5, 5.41) is 3.28. The zero-order valence-corrected chi connectivity index (χ0v) is 12.4. The summed E-state index contributed by atoms with van der Waals surface area (Å²) in [6.07, 6.45) is 3.41. The highest BCUT2D eigenvalue weighted by Gasteiger charge is 2.45. The normalized spacial score (nSPS) is 16.1. The molecule has 0 unspecified atom stereocenters. The molecule has 0 aliphatic heterocycles. The fraction of sp³-hybridized carbons (Fsp3) is 0.769. The fourth-order valence-corrected chi connectivity index (χ4v) is 2.13. The van der Waals surface area contributed by atoms with Crippen LogP contribution in [0.2, 0.25) is 0 Å². The van der Waals surface area contributed by atoms with E-state index >= 15 is 0 Å². The molecule has 1 aliphatic rings. The molecule has 0 saturated heterocycles. The first kappa shape index (κ1) is 14.8. The number of anilines is 2. The Labute approximate surface area is 119 Å². The van der Waals surface area contributed by atoms with Gasteiger partial charge in [0, 0.05) is 6.54 Å². The summed E-state index contributed by atoms with van der Waals surface area (Å²) in [7, 11) is 0. The molecule has 0 atom stereocenters. The van der Waals surface area contributed by atoms with Crippen molar-refractivity contribution in [3.63, 3.8) is 0 Å². The quantitative estimate of drug-likeness (QED) is 0.493. The van der Waals surface area contributed by atoms with Crippen LogP contribution in [0.3, 0.4) is 0 Å². The van der Waals surface area contributed by atoms with E-state index in [-0.39, 0.29) is 0 Å². The molecule has 20 heavy (non-hydrogen) atoms. The third kappa shape index (κ3) is 3.47. The minimum atomic E-state index is 0.298. The molecule has 1 aromatic heterocycles. The van der Waals surface area contributed by atoms with Gasteiger partial charge in [-0.3, -0.25) is 5.43 Å². The molecule has 0 aromatic carbocycles. The lowest BCUT2D eigenvalue weighted by atomic mass is 9.92. The summed E-state index contributed by atoms with van der Waals surface area (Å²) in [5.41, 5.74) is 2.82. The molecule has 112 valence electrons. The van der Waals surface area contributed by atoms with Crippen LogP contribution in [0.1, 0.15) is 40.0 Å². The Morgan fingerprint density at radius 1 is 1.25 bits per heavy atom. The largest absolute Gasteiger partial charge is 0.463 e. The van der Waals surface area contributed by atoms with Gasteiger partial charge in [0.2, 0.25) is 11.9 Å².